The fraction of sp³-hybridized carbons (Fsp3) is 0.167. The molecule has 2 aromatic carbocycles. The van der Waals surface area contributed by atoms with E-state index in [0.29, 0.717) is 11.4 Å². The smallest absolute Gasteiger partial charge is 0.0994 e. The van der Waals surface area contributed by atoms with Crippen LogP contribution in [-0.2, 0) is 0 Å². The van der Waals surface area contributed by atoms with Crippen LogP contribution >= 0.6 is 11.6 Å². The monoisotopic (exact) mass is 310 g/mol. The summed E-state index contributed by atoms with van der Waals surface area (Å²) in [6.45, 7) is 0. The molecule has 0 spiro atoms. The van der Waals surface area contributed by atoms with Crippen molar-refractivity contribution in [3.63, 3.8) is 0 Å². The Hall–Kier alpha value is -2.10. The van der Waals surface area contributed by atoms with E-state index in [9.17, 15) is 5.11 Å². The number of nitrogens with zero attached hydrogens (tertiary/aromatic N) is 2. The second-order valence-corrected chi connectivity index (χ2v) is 6.04. The quantitative estimate of drug-likeness (QED) is 0.791. The topological polar surface area (TPSA) is 38.0 Å². The minimum atomic E-state index is -0.557. The van der Waals surface area contributed by atoms with Crippen LogP contribution in [0.2, 0.25) is 5.02 Å². The second kappa shape index (κ2) is 5.27. The van der Waals surface area contributed by atoms with Gasteiger partial charge < -0.3 is 9.67 Å². The summed E-state index contributed by atoms with van der Waals surface area (Å²) in [6.07, 6.45) is 3.77. The van der Waals surface area contributed by atoms with Gasteiger partial charge in [-0.1, -0.05) is 41.9 Å². The van der Waals surface area contributed by atoms with E-state index in [4.69, 9.17) is 11.6 Å². The van der Waals surface area contributed by atoms with Crippen molar-refractivity contribution >= 4 is 11.6 Å². The zero-order valence-electron chi connectivity index (χ0n) is 11.9. The summed E-state index contributed by atoms with van der Waals surface area (Å²) in [5, 5.41) is 11.3. The van der Waals surface area contributed by atoms with E-state index in [0.717, 1.165) is 16.9 Å². The molecule has 1 aliphatic rings. The van der Waals surface area contributed by atoms with Gasteiger partial charge in [0.15, 0.2) is 0 Å². The maximum Gasteiger partial charge on any atom is 0.0994 e. The van der Waals surface area contributed by atoms with E-state index < -0.39 is 6.10 Å². The summed E-state index contributed by atoms with van der Waals surface area (Å²) in [5.74, 6) is 0.146. The van der Waals surface area contributed by atoms with Crippen LogP contribution in [0, 0.1) is 0 Å². The lowest BCUT2D eigenvalue weighted by Gasteiger charge is -2.17. The first kappa shape index (κ1) is 13.6. The number of fused-ring (bicyclic) bond motifs is 3. The molecule has 1 N–H and O–H groups in total. The van der Waals surface area contributed by atoms with E-state index >= 15 is 0 Å². The molecule has 4 rings (SSSR count). The minimum absolute atomic E-state index is 0.146. The Morgan fingerprint density at radius 2 is 2.05 bits per heavy atom. The maximum absolute atomic E-state index is 10.6. The molecule has 0 fully saturated rings. The Morgan fingerprint density at radius 1 is 1.18 bits per heavy atom. The molecule has 3 aromatic rings. The predicted molar refractivity (Wildman–Crippen MR) is 86.4 cm³/mol. The Kier molecular flexibility index (Phi) is 3.25. The van der Waals surface area contributed by atoms with Crippen molar-refractivity contribution in [2.24, 2.45) is 0 Å². The highest BCUT2D eigenvalue weighted by molar-refractivity contribution is 6.30. The van der Waals surface area contributed by atoms with Crippen molar-refractivity contribution in [3.05, 3.63) is 82.9 Å². The van der Waals surface area contributed by atoms with E-state index in [1.54, 1.807) is 0 Å². The van der Waals surface area contributed by atoms with Crippen molar-refractivity contribution < 1.29 is 5.11 Å². The number of imidazole rings is 1. The third kappa shape index (κ3) is 2.14. The van der Waals surface area contributed by atoms with Gasteiger partial charge in [-0.25, -0.2) is 4.98 Å². The molecule has 22 heavy (non-hydrogen) atoms. The fourth-order valence-electron chi connectivity index (χ4n) is 3.25. The molecule has 4 heteroatoms. The molecule has 1 aromatic heterocycles. The largest absolute Gasteiger partial charge is 0.388 e. The summed E-state index contributed by atoms with van der Waals surface area (Å²) in [6, 6.07) is 15.7. The Balaban J connectivity index is 1.69. The lowest BCUT2D eigenvalue weighted by molar-refractivity contribution is 0.162. The van der Waals surface area contributed by atoms with Gasteiger partial charge in [-0.05, 0) is 35.7 Å². The number of para-hydroxylation sites is 1. The Morgan fingerprint density at radius 3 is 2.91 bits per heavy atom. The molecular formula is C18H15ClN2O. The first-order valence-corrected chi connectivity index (χ1v) is 7.67. The highest BCUT2D eigenvalue weighted by atomic mass is 35.5. The first-order chi connectivity index (χ1) is 10.7. The third-order valence-corrected chi connectivity index (χ3v) is 4.52. The zero-order valence-corrected chi connectivity index (χ0v) is 12.6. The standard InChI is InChI=1S/C18H15ClN2O/c19-13-5-3-4-12(8-13)18(22)9-15-14-6-1-2-7-16(14)21-11-20-10-17(15)21/h1-8,10-11,15,18,22H,9H2. The second-order valence-electron chi connectivity index (χ2n) is 5.61. The molecule has 3 nitrogen and oxygen atoms in total. The number of aromatic nitrogens is 2. The van der Waals surface area contributed by atoms with Gasteiger partial charge in [-0.15, -0.1) is 0 Å². The fourth-order valence-corrected chi connectivity index (χ4v) is 3.44. The number of aliphatic hydroxyl groups is 1. The Labute approximate surface area is 133 Å². The molecule has 0 saturated carbocycles. The van der Waals surface area contributed by atoms with Gasteiger partial charge in [0.25, 0.3) is 0 Å². The Bertz CT molecular complexity index is 827. The van der Waals surface area contributed by atoms with Crippen molar-refractivity contribution in [1.29, 1.82) is 0 Å². The van der Waals surface area contributed by atoms with Gasteiger partial charge in [-0.2, -0.15) is 0 Å². The van der Waals surface area contributed by atoms with Crippen LogP contribution in [0.15, 0.2) is 61.1 Å². The molecule has 1 aliphatic heterocycles. The van der Waals surface area contributed by atoms with Gasteiger partial charge >= 0.3 is 0 Å². The van der Waals surface area contributed by atoms with Crippen molar-refractivity contribution in [3.8, 4) is 5.69 Å². The molecule has 0 bridgehead atoms. The zero-order chi connectivity index (χ0) is 15.1. The number of hydrogen-bond acceptors (Lipinski definition) is 2. The summed E-state index contributed by atoms with van der Waals surface area (Å²) in [5.41, 5.74) is 4.37. The first-order valence-electron chi connectivity index (χ1n) is 7.29. The maximum atomic E-state index is 10.6. The molecule has 110 valence electrons. The SMILES string of the molecule is OC(CC1c2ccccc2-n2cncc21)c1cccc(Cl)c1. The van der Waals surface area contributed by atoms with Crippen LogP contribution in [0.4, 0.5) is 0 Å². The number of aliphatic hydroxyl groups excluding tert-OH is 1. The highest BCUT2D eigenvalue weighted by Crippen LogP contribution is 2.42. The lowest BCUT2D eigenvalue weighted by atomic mass is 9.90. The van der Waals surface area contributed by atoms with Crippen LogP contribution < -0.4 is 0 Å². The minimum Gasteiger partial charge on any atom is -0.388 e. The van der Waals surface area contributed by atoms with Crippen LogP contribution in [0.25, 0.3) is 5.69 Å². The van der Waals surface area contributed by atoms with Crippen molar-refractivity contribution in [2.45, 2.75) is 18.4 Å². The summed E-state index contributed by atoms with van der Waals surface area (Å²) < 4.78 is 2.10. The molecule has 0 amide bonds. The van der Waals surface area contributed by atoms with Gasteiger partial charge in [0.2, 0.25) is 0 Å². The average molecular weight is 311 g/mol. The lowest BCUT2D eigenvalue weighted by Crippen LogP contribution is -2.05. The molecule has 0 radical (unpaired) electrons. The van der Waals surface area contributed by atoms with Crippen LogP contribution in [-0.4, -0.2) is 14.7 Å². The van der Waals surface area contributed by atoms with Gasteiger partial charge in [0.05, 0.1) is 23.8 Å². The number of hydrogen-bond donors (Lipinski definition) is 1. The molecule has 2 heterocycles. The summed E-state index contributed by atoms with van der Waals surface area (Å²) >= 11 is 6.03. The number of rotatable bonds is 3. The van der Waals surface area contributed by atoms with Crippen LogP contribution in [0.5, 0.6) is 0 Å². The van der Waals surface area contributed by atoms with E-state index in [-0.39, 0.29) is 5.92 Å². The van der Waals surface area contributed by atoms with E-state index in [2.05, 4.69) is 21.7 Å². The molecule has 2 atom stereocenters. The van der Waals surface area contributed by atoms with Gasteiger partial charge in [0.1, 0.15) is 0 Å². The number of halogens is 1. The number of benzene rings is 2. The molecular weight excluding hydrogens is 296 g/mol. The molecule has 2 unspecified atom stereocenters. The average Bonchev–Trinajstić information content (AvgIpc) is 3.10. The molecule has 0 aliphatic carbocycles. The normalized spacial score (nSPS) is 17.1. The summed E-state index contributed by atoms with van der Waals surface area (Å²) in [4.78, 5) is 4.25. The predicted octanol–water partition coefficient (Wildman–Crippen LogP) is 4.09. The highest BCUT2D eigenvalue weighted by Gasteiger charge is 2.30. The van der Waals surface area contributed by atoms with Crippen molar-refractivity contribution in [2.75, 3.05) is 0 Å². The van der Waals surface area contributed by atoms with Gasteiger partial charge in [0, 0.05) is 17.1 Å². The molecule has 0 saturated heterocycles. The van der Waals surface area contributed by atoms with Gasteiger partial charge in [-0.3, -0.25) is 0 Å². The van der Waals surface area contributed by atoms with Crippen molar-refractivity contribution in [1.82, 2.24) is 9.55 Å². The van der Waals surface area contributed by atoms with Crippen LogP contribution in [0.3, 0.4) is 0 Å². The van der Waals surface area contributed by atoms with Crippen LogP contribution in [0.1, 0.15) is 35.3 Å². The summed E-state index contributed by atoms with van der Waals surface area (Å²) in [7, 11) is 0. The van der Waals surface area contributed by atoms with E-state index in [1.807, 2.05) is 48.9 Å². The van der Waals surface area contributed by atoms with E-state index in [1.165, 1.54) is 5.56 Å². The third-order valence-electron chi connectivity index (χ3n) is 4.29.